The van der Waals surface area contributed by atoms with E-state index in [2.05, 4.69) is 25.0 Å². The van der Waals surface area contributed by atoms with Crippen molar-refractivity contribution < 1.29 is 22.7 Å². The zero-order valence-corrected chi connectivity index (χ0v) is 18.2. The quantitative estimate of drug-likeness (QED) is 0.412. The average Bonchev–Trinajstić information content (AvgIpc) is 2.83. The van der Waals surface area contributed by atoms with Gasteiger partial charge in [-0.3, -0.25) is 19.7 Å². The molecule has 174 valence electrons. The minimum Gasteiger partial charge on any atom is -0.483 e. The first-order chi connectivity index (χ1) is 16.3. The van der Waals surface area contributed by atoms with Crippen LogP contribution in [0.3, 0.4) is 0 Å². The van der Waals surface area contributed by atoms with Crippen molar-refractivity contribution in [3.05, 3.63) is 84.4 Å². The number of fused-ring (bicyclic) bond motifs is 1. The molecule has 1 aromatic carbocycles. The molecule has 0 aliphatic heterocycles. The number of benzene rings is 1. The Balaban J connectivity index is 1.36. The lowest BCUT2D eigenvalue weighted by Crippen LogP contribution is -2.28. The number of hydrogen-bond acceptors (Lipinski definition) is 5. The summed E-state index contributed by atoms with van der Waals surface area (Å²) in [5, 5.41) is 2.85. The summed E-state index contributed by atoms with van der Waals surface area (Å²) in [6.45, 7) is 0.369. The first kappa shape index (κ1) is 23.2. The van der Waals surface area contributed by atoms with Gasteiger partial charge in [-0.15, -0.1) is 0 Å². The van der Waals surface area contributed by atoms with Crippen molar-refractivity contribution in [2.45, 2.75) is 25.6 Å². The van der Waals surface area contributed by atoms with Gasteiger partial charge in [-0.05, 0) is 48.4 Å². The van der Waals surface area contributed by atoms with Crippen molar-refractivity contribution in [1.82, 2.24) is 20.3 Å². The standard InChI is InChI=1S/C25H21F3N4O2/c1-16(21-9-8-19(14-31-21)34-15-25(26,27)28)32-23(33)13-17-4-6-18(7-5-17)20-10-12-29-22-3-2-11-30-24(20)22/h2-12,14,16H,13,15H2,1H3,(H,32,33)/t16-/m1/s1. The second kappa shape index (κ2) is 9.86. The molecule has 1 N–H and O–H groups in total. The summed E-state index contributed by atoms with van der Waals surface area (Å²) >= 11 is 0. The summed E-state index contributed by atoms with van der Waals surface area (Å²) in [6.07, 6.45) is 0.435. The fourth-order valence-electron chi connectivity index (χ4n) is 3.46. The van der Waals surface area contributed by atoms with E-state index in [1.54, 1.807) is 19.3 Å². The van der Waals surface area contributed by atoms with Crippen LogP contribution in [0.5, 0.6) is 5.75 Å². The molecule has 34 heavy (non-hydrogen) atoms. The van der Waals surface area contributed by atoms with E-state index in [1.165, 1.54) is 18.3 Å². The first-order valence-electron chi connectivity index (χ1n) is 10.5. The van der Waals surface area contributed by atoms with Crippen LogP contribution in [0.4, 0.5) is 13.2 Å². The number of rotatable bonds is 7. The van der Waals surface area contributed by atoms with Crippen molar-refractivity contribution in [2.75, 3.05) is 6.61 Å². The molecule has 4 aromatic rings. The van der Waals surface area contributed by atoms with E-state index in [4.69, 9.17) is 0 Å². The number of hydrogen-bond donors (Lipinski definition) is 1. The van der Waals surface area contributed by atoms with Gasteiger partial charge in [0.25, 0.3) is 0 Å². The van der Waals surface area contributed by atoms with Gasteiger partial charge in [0.1, 0.15) is 5.75 Å². The summed E-state index contributed by atoms with van der Waals surface area (Å²) in [7, 11) is 0. The molecule has 0 spiro atoms. The van der Waals surface area contributed by atoms with Gasteiger partial charge in [0, 0.05) is 18.0 Å². The molecule has 4 rings (SSSR count). The highest BCUT2D eigenvalue weighted by molar-refractivity contribution is 5.91. The molecule has 0 aliphatic carbocycles. The lowest BCUT2D eigenvalue weighted by Gasteiger charge is -2.15. The van der Waals surface area contributed by atoms with Crippen LogP contribution in [0.15, 0.2) is 73.2 Å². The Morgan fingerprint density at radius 3 is 2.50 bits per heavy atom. The molecule has 1 amide bonds. The van der Waals surface area contributed by atoms with Crippen LogP contribution in [0.2, 0.25) is 0 Å². The van der Waals surface area contributed by atoms with E-state index >= 15 is 0 Å². The maximum atomic E-state index is 12.5. The first-order valence-corrected chi connectivity index (χ1v) is 10.5. The second-order valence-electron chi connectivity index (χ2n) is 7.72. The van der Waals surface area contributed by atoms with Gasteiger partial charge in [0.2, 0.25) is 5.91 Å². The molecular formula is C25H21F3N4O2. The molecule has 0 fully saturated rings. The van der Waals surface area contributed by atoms with Crippen LogP contribution in [-0.4, -0.2) is 33.6 Å². The summed E-state index contributed by atoms with van der Waals surface area (Å²) in [4.78, 5) is 25.3. The largest absolute Gasteiger partial charge is 0.483 e. The number of carbonyl (C=O) groups is 1. The Morgan fingerprint density at radius 2 is 1.79 bits per heavy atom. The zero-order valence-electron chi connectivity index (χ0n) is 18.2. The number of halogens is 3. The number of alkyl halides is 3. The normalized spacial score (nSPS) is 12.4. The second-order valence-corrected chi connectivity index (χ2v) is 7.72. The van der Waals surface area contributed by atoms with E-state index in [0.29, 0.717) is 5.69 Å². The Hall–Kier alpha value is -4.01. The Labute approximate surface area is 193 Å². The van der Waals surface area contributed by atoms with Crippen LogP contribution < -0.4 is 10.1 Å². The monoisotopic (exact) mass is 466 g/mol. The Morgan fingerprint density at radius 1 is 1.00 bits per heavy atom. The molecule has 0 unspecified atom stereocenters. The molecule has 0 saturated heterocycles. The van der Waals surface area contributed by atoms with Gasteiger partial charge >= 0.3 is 6.18 Å². The highest BCUT2D eigenvalue weighted by Gasteiger charge is 2.28. The van der Waals surface area contributed by atoms with E-state index in [-0.39, 0.29) is 18.1 Å². The predicted molar refractivity (Wildman–Crippen MR) is 121 cm³/mol. The van der Waals surface area contributed by atoms with Crippen LogP contribution in [0.25, 0.3) is 22.2 Å². The lowest BCUT2D eigenvalue weighted by atomic mass is 10.0. The van der Waals surface area contributed by atoms with E-state index in [0.717, 1.165) is 27.7 Å². The Bertz CT molecular complexity index is 1270. The van der Waals surface area contributed by atoms with Gasteiger partial charge in [-0.1, -0.05) is 24.3 Å². The smallest absolute Gasteiger partial charge is 0.422 e. The fourth-order valence-corrected chi connectivity index (χ4v) is 3.46. The van der Waals surface area contributed by atoms with Crippen molar-refractivity contribution in [3.63, 3.8) is 0 Å². The SMILES string of the molecule is C[C@@H](NC(=O)Cc1ccc(-c2ccnc3cccnc23)cc1)c1ccc(OCC(F)(F)F)cn1. The summed E-state index contributed by atoms with van der Waals surface area (Å²) < 4.78 is 41.4. The predicted octanol–water partition coefficient (Wildman–Crippen LogP) is 5.05. The molecular weight excluding hydrogens is 445 g/mol. The maximum absolute atomic E-state index is 12.5. The van der Waals surface area contributed by atoms with Crippen LogP contribution in [0.1, 0.15) is 24.2 Å². The summed E-state index contributed by atoms with van der Waals surface area (Å²) in [6, 6.07) is 15.8. The highest BCUT2D eigenvalue weighted by atomic mass is 19.4. The minimum atomic E-state index is -4.42. The Kier molecular flexibility index (Phi) is 6.72. The zero-order chi connectivity index (χ0) is 24.1. The highest BCUT2D eigenvalue weighted by Crippen LogP contribution is 2.26. The molecule has 0 aliphatic rings. The van der Waals surface area contributed by atoms with Crippen LogP contribution >= 0.6 is 0 Å². The van der Waals surface area contributed by atoms with Crippen molar-refractivity contribution in [3.8, 4) is 16.9 Å². The van der Waals surface area contributed by atoms with E-state index in [1.807, 2.05) is 42.5 Å². The molecule has 0 radical (unpaired) electrons. The number of pyridine rings is 3. The van der Waals surface area contributed by atoms with Crippen LogP contribution in [0, 0.1) is 0 Å². The molecule has 3 aromatic heterocycles. The average molecular weight is 466 g/mol. The lowest BCUT2D eigenvalue weighted by molar-refractivity contribution is -0.153. The number of ether oxygens (including phenoxy) is 1. The van der Waals surface area contributed by atoms with Crippen molar-refractivity contribution in [1.29, 1.82) is 0 Å². The molecule has 0 bridgehead atoms. The van der Waals surface area contributed by atoms with Crippen LogP contribution in [-0.2, 0) is 11.2 Å². The van der Waals surface area contributed by atoms with Crippen molar-refractivity contribution in [2.24, 2.45) is 0 Å². The summed E-state index contributed by atoms with van der Waals surface area (Å²) in [5.41, 5.74) is 4.91. The number of nitrogens with zero attached hydrogens (tertiary/aromatic N) is 3. The topological polar surface area (TPSA) is 77.0 Å². The van der Waals surface area contributed by atoms with Gasteiger partial charge < -0.3 is 10.1 Å². The molecule has 9 heteroatoms. The summed E-state index contributed by atoms with van der Waals surface area (Å²) in [5.74, 6) is -0.188. The third kappa shape index (κ3) is 5.86. The van der Waals surface area contributed by atoms with Crippen molar-refractivity contribution >= 4 is 16.9 Å². The maximum Gasteiger partial charge on any atom is 0.422 e. The molecule has 6 nitrogen and oxygen atoms in total. The molecule has 3 heterocycles. The molecule has 1 atom stereocenters. The number of aromatic nitrogens is 3. The number of carbonyl (C=O) groups excluding carboxylic acids is 1. The van der Waals surface area contributed by atoms with Gasteiger partial charge in [0.05, 0.1) is 35.4 Å². The third-order valence-corrected chi connectivity index (χ3v) is 5.11. The van der Waals surface area contributed by atoms with E-state index in [9.17, 15) is 18.0 Å². The van der Waals surface area contributed by atoms with Gasteiger partial charge in [-0.25, -0.2) is 0 Å². The fraction of sp³-hybridized carbons (Fsp3) is 0.200. The minimum absolute atomic E-state index is 0.0110. The van der Waals surface area contributed by atoms with Gasteiger partial charge in [0.15, 0.2) is 6.61 Å². The number of amides is 1. The number of nitrogens with one attached hydrogen (secondary N) is 1. The third-order valence-electron chi connectivity index (χ3n) is 5.11. The molecule has 0 saturated carbocycles. The van der Waals surface area contributed by atoms with E-state index < -0.39 is 18.8 Å². The van der Waals surface area contributed by atoms with Gasteiger partial charge in [-0.2, -0.15) is 13.2 Å².